The number of nitrogens with zero attached hydrogens (tertiary/aromatic N) is 6. The number of aryl methyl sites for hydroxylation is 1. The molecule has 0 N–H and O–H groups in total. The smallest absolute Gasteiger partial charge is 0.262 e. The fraction of sp³-hybridized carbons (Fsp3) is 0.643. The van der Waals surface area contributed by atoms with Crippen LogP contribution in [0.4, 0.5) is 0 Å². The molecule has 3 rings (SSSR count). The lowest BCUT2D eigenvalue weighted by Crippen LogP contribution is -2.58. The first-order chi connectivity index (χ1) is 11.3. The molecule has 0 amide bonds. The van der Waals surface area contributed by atoms with Gasteiger partial charge < -0.3 is 9.30 Å². The summed E-state index contributed by atoms with van der Waals surface area (Å²) < 4.78 is 35.8. The second kappa shape index (κ2) is 5.94. The van der Waals surface area contributed by atoms with Gasteiger partial charge in [0.05, 0.1) is 18.8 Å². The summed E-state index contributed by atoms with van der Waals surface area (Å²) in [6.45, 7) is 5.66. The van der Waals surface area contributed by atoms with Crippen LogP contribution in [0.5, 0.6) is 0 Å². The van der Waals surface area contributed by atoms with Crippen molar-refractivity contribution in [2.75, 3.05) is 20.3 Å². The molecule has 9 nitrogen and oxygen atoms in total. The van der Waals surface area contributed by atoms with Crippen LogP contribution in [0.25, 0.3) is 0 Å². The zero-order chi connectivity index (χ0) is 17.5. The predicted molar refractivity (Wildman–Crippen MR) is 85.5 cm³/mol. The van der Waals surface area contributed by atoms with Gasteiger partial charge in [-0.05, 0) is 0 Å². The summed E-state index contributed by atoms with van der Waals surface area (Å²) in [5.74, 6) is 0.724. The molecule has 0 spiro atoms. The van der Waals surface area contributed by atoms with Gasteiger partial charge in [0.25, 0.3) is 10.0 Å². The second-order valence-corrected chi connectivity index (χ2v) is 8.45. The summed E-state index contributed by atoms with van der Waals surface area (Å²) in [7, 11) is -0.483. The molecule has 1 saturated heterocycles. The van der Waals surface area contributed by atoms with E-state index in [0.29, 0.717) is 19.7 Å². The van der Waals surface area contributed by atoms with Crippen molar-refractivity contribution in [2.45, 2.75) is 31.5 Å². The van der Waals surface area contributed by atoms with E-state index in [1.807, 2.05) is 24.6 Å². The minimum atomic E-state index is -3.69. The third kappa shape index (κ3) is 2.64. The molecule has 0 bridgehead atoms. The molecule has 10 heteroatoms. The van der Waals surface area contributed by atoms with Gasteiger partial charge in [-0.1, -0.05) is 19.1 Å². The summed E-state index contributed by atoms with van der Waals surface area (Å²) >= 11 is 0. The van der Waals surface area contributed by atoms with E-state index in [4.69, 9.17) is 4.74 Å². The molecule has 1 aliphatic heterocycles. The maximum atomic E-state index is 13.0. The van der Waals surface area contributed by atoms with Crippen LogP contribution in [0, 0.1) is 5.41 Å². The van der Waals surface area contributed by atoms with Gasteiger partial charge >= 0.3 is 0 Å². The van der Waals surface area contributed by atoms with Crippen molar-refractivity contribution in [3.8, 4) is 0 Å². The van der Waals surface area contributed by atoms with Gasteiger partial charge in [-0.2, -0.15) is 4.31 Å². The number of imidazole rings is 1. The lowest BCUT2D eigenvalue weighted by atomic mass is 9.76. The molecule has 2 aromatic rings. The van der Waals surface area contributed by atoms with Crippen LogP contribution < -0.4 is 0 Å². The Labute approximate surface area is 141 Å². The average molecular weight is 354 g/mol. The number of aromatic nitrogens is 5. The highest BCUT2D eigenvalue weighted by Crippen LogP contribution is 2.50. The van der Waals surface area contributed by atoms with Gasteiger partial charge in [-0.15, -0.1) is 5.10 Å². The maximum absolute atomic E-state index is 13.0. The van der Waals surface area contributed by atoms with Crippen LogP contribution in [-0.4, -0.2) is 57.5 Å². The molecule has 1 aliphatic rings. The van der Waals surface area contributed by atoms with Crippen molar-refractivity contribution in [1.82, 2.24) is 28.9 Å². The second-order valence-electron chi connectivity index (χ2n) is 6.61. The molecule has 0 aliphatic carbocycles. The van der Waals surface area contributed by atoms with E-state index in [1.54, 1.807) is 20.4 Å². The van der Waals surface area contributed by atoms with Gasteiger partial charge in [0, 0.05) is 45.1 Å². The van der Waals surface area contributed by atoms with Gasteiger partial charge in [0.1, 0.15) is 5.82 Å². The van der Waals surface area contributed by atoms with Crippen molar-refractivity contribution in [3.05, 3.63) is 24.4 Å². The van der Waals surface area contributed by atoms with E-state index in [-0.39, 0.29) is 16.5 Å². The summed E-state index contributed by atoms with van der Waals surface area (Å²) in [4.78, 5) is 4.42. The first kappa shape index (κ1) is 17.1. The Balaban J connectivity index is 1.97. The Morgan fingerprint density at radius 2 is 2.17 bits per heavy atom. The normalized spacial score (nSPS) is 20.9. The highest BCUT2D eigenvalue weighted by atomic mass is 32.2. The van der Waals surface area contributed by atoms with Gasteiger partial charge in [-0.3, -0.25) is 0 Å². The molecule has 132 valence electrons. The highest BCUT2D eigenvalue weighted by Gasteiger charge is 2.54. The standard InChI is InChI=1S/C14H22N6O3S/c1-14(2)10-20(24(21,22)11-9-16-17-18(11)3)12(14)13-15-5-6-19(13)7-8-23-4/h5-6,9,12H,7-8,10H2,1-4H3. The maximum Gasteiger partial charge on any atom is 0.262 e. The lowest BCUT2D eigenvalue weighted by Gasteiger charge is -2.52. The first-order valence-electron chi connectivity index (χ1n) is 7.65. The zero-order valence-corrected chi connectivity index (χ0v) is 15.1. The fourth-order valence-corrected chi connectivity index (χ4v) is 5.09. The Kier molecular flexibility index (Phi) is 4.22. The van der Waals surface area contributed by atoms with Crippen LogP contribution in [-0.2, 0) is 28.4 Å². The van der Waals surface area contributed by atoms with E-state index < -0.39 is 10.0 Å². The SMILES string of the molecule is COCCn1ccnc1C1N(S(=O)(=O)c2cnnn2C)CC1(C)C. The fourth-order valence-electron chi connectivity index (χ4n) is 3.14. The Morgan fingerprint density at radius 3 is 2.75 bits per heavy atom. The molecule has 1 atom stereocenters. The number of hydrogen-bond donors (Lipinski definition) is 0. The van der Waals surface area contributed by atoms with Crippen LogP contribution in [0.2, 0.25) is 0 Å². The number of rotatable bonds is 6. The third-order valence-electron chi connectivity index (χ3n) is 4.37. The van der Waals surface area contributed by atoms with Gasteiger partial charge in [0.2, 0.25) is 0 Å². The molecule has 0 radical (unpaired) electrons. The van der Waals surface area contributed by atoms with Crippen LogP contribution in [0.3, 0.4) is 0 Å². The highest BCUT2D eigenvalue weighted by molar-refractivity contribution is 7.89. The zero-order valence-electron chi connectivity index (χ0n) is 14.2. The van der Waals surface area contributed by atoms with E-state index in [9.17, 15) is 8.42 Å². The number of sulfonamides is 1. The third-order valence-corrected chi connectivity index (χ3v) is 6.22. The molecular formula is C14H22N6O3S. The van der Waals surface area contributed by atoms with Crippen molar-refractivity contribution in [3.63, 3.8) is 0 Å². The Bertz CT molecular complexity index is 825. The number of ether oxygens (including phenoxy) is 1. The van der Waals surface area contributed by atoms with E-state index in [1.165, 1.54) is 15.2 Å². The predicted octanol–water partition coefficient (Wildman–Crippen LogP) is 0.430. The first-order valence-corrected chi connectivity index (χ1v) is 9.09. The van der Waals surface area contributed by atoms with Gasteiger partial charge in [0.15, 0.2) is 5.03 Å². The summed E-state index contributed by atoms with van der Waals surface area (Å²) in [5.41, 5.74) is -0.213. The lowest BCUT2D eigenvalue weighted by molar-refractivity contribution is 0.0103. The van der Waals surface area contributed by atoms with E-state index >= 15 is 0 Å². The van der Waals surface area contributed by atoms with Crippen molar-refractivity contribution >= 4 is 10.0 Å². The van der Waals surface area contributed by atoms with E-state index in [0.717, 1.165) is 5.82 Å². The van der Waals surface area contributed by atoms with Crippen LogP contribution in [0.1, 0.15) is 25.7 Å². The molecule has 1 fully saturated rings. The largest absolute Gasteiger partial charge is 0.383 e. The van der Waals surface area contributed by atoms with Crippen molar-refractivity contribution in [1.29, 1.82) is 0 Å². The van der Waals surface area contributed by atoms with Crippen LogP contribution >= 0.6 is 0 Å². The topological polar surface area (TPSA) is 95.1 Å². The minimum Gasteiger partial charge on any atom is -0.383 e. The molecule has 3 heterocycles. The Morgan fingerprint density at radius 1 is 1.42 bits per heavy atom. The summed E-state index contributed by atoms with van der Waals surface area (Å²) in [6, 6.07) is -0.343. The summed E-state index contributed by atoms with van der Waals surface area (Å²) in [6.07, 6.45) is 4.81. The van der Waals surface area contributed by atoms with Crippen LogP contribution in [0.15, 0.2) is 23.6 Å². The average Bonchev–Trinajstić information content (AvgIpc) is 3.12. The summed E-state index contributed by atoms with van der Waals surface area (Å²) in [5, 5.41) is 7.49. The quantitative estimate of drug-likeness (QED) is 0.746. The number of hydrogen-bond acceptors (Lipinski definition) is 6. The van der Waals surface area contributed by atoms with Gasteiger partial charge in [-0.25, -0.2) is 18.1 Å². The molecule has 2 aromatic heterocycles. The molecule has 24 heavy (non-hydrogen) atoms. The minimum absolute atomic E-state index is 0.0815. The molecule has 0 saturated carbocycles. The Hall–Kier alpha value is -1.78. The van der Waals surface area contributed by atoms with E-state index in [2.05, 4.69) is 15.3 Å². The molecular weight excluding hydrogens is 332 g/mol. The number of methoxy groups -OCH3 is 1. The van der Waals surface area contributed by atoms with Crippen molar-refractivity contribution in [2.24, 2.45) is 12.5 Å². The molecule has 0 aromatic carbocycles. The molecule has 1 unspecified atom stereocenters. The van der Waals surface area contributed by atoms with Crippen molar-refractivity contribution < 1.29 is 13.2 Å². The monoisotopic (exact) mass is 354 g/mol.